The average molecular weight is 523 g/mol. The summed E-state index contributed by atoms with van der Waals surface area (Å²) in [4.78, 5) is 14.9. The molecule has 0 saturated carbocycles. The first-order chi connectivity index (χ1) is 18.4. The smallest absolute Gasteiger partial charge is 0.514 e. The van der Waals surface area contributed by atoms with Crippen molar-refractivity contribution in [2.45, 2.75) is 50.9 Å². The standard InChI is InChI=1S/C28H32N3O7/c1-5-6-35-28(33)38-25-14(3)26-27(37-12-36-26)21-17(25)9-18-22-20-15(7-13(2)24(34-4)23(20)32)8-16(30-22)11-31(18)19(21)10-29/h5,7,16,18-19,22,32H,1,6,8-12,29H2,2-4H3/q-1/t16-,18?,19-,22-/m0/s1. The Morgan fingerprint density at radius 2 is 2.05 bits per heavy atom. The van der Waals surface area contributed by atoms with Crippen molar-refractivity contribution in [3.05, 3.63) is 57.4 Å². The Bertz CT molecular complexity index is 1330. The van der Waals surface area contributed by atoms with E-state index in [1.54, 1.807) is 7.11 Å². The number of phenolic OH excluding ortho intramolecular Hbond substituents is 1. The topological polar surface area (TPSA) is 127 Å². The van der Waals surface area contributed by atoms with Crippen molar-refractivity contribution in [2.24, 2.45) is 5.73 Å². The highest BCUT2D eigenvalue weighted by Gasteiger charge is 2.46. The minimum Gasteiger partial charge on any atom is -0.650 e. The van der Waals surface area contributed by atoms with Crippen molar-refractivity contribution in [2.75, 3.05) is 33.6 Å². The van der Waals surface area contributed by atoms with Crippen molar-refractivity contribution < 1.29 is 33.6 Å². The molecule has 0 aliphatic carbocycles. The van der Waals surface area contributed by atoms with Gasteiger partial charge in [-0.1, -0.05) is 24.8 Å². The molecule has 4 aliphatic rings. The molecular formula is C28H32N3O7-. The summed E-state index contributed by atoms with van der Waals surface area (Å²) in [6.07, 6.45) is 1.89. The van der Waals surface area contributed by atoms with Gasteiger partial charge in [0.15, 0.2) is 23.0 Å². The SMILES string of the molecule is C=CCOC(=O)Oc1c(C)c2c(c3c1CC1[C@@H]4[N-][C@@H](Cc5cc(C)c(OC)c(O)c54)CN1[C@H]3CN)OCO2. The number of nitrogens with zero attached hydrogens (tertiary/aromatic N) is 2. The van der Waals surface area contributed by atoms with Gasteiger partial charge >= 0.3 is 6.16 Å². The van der Waals surface area contributed by atoms with E-state index < -0.39 is 6.16 Å². The quantitative estimate of drug-likeness (QED) is 0.343. The molecule has 3 N–H and O–H groups in total. The minimum absolute atomic E-state index is 0.0338. The number of phenols is 1. The van der Waals surface area contributed by atoms with Crippen LogP contribution in [0.15, 0.2) is 18.7 Å². The number of methoxy groups -OCH3 is 1. The fourth-order valence-corrected chi connectivity index (χ4v) is 6.69. The third kappa shape index (κ3) is 3.62. The van der Waals surface area contributed by atoms with E-state index >= 15 is 0 Å². The van der Waals surface area contributed by atoms with Crippen molar-refractivity contribution >= 4 is 6.16 Å². The molecule has 4 aliphatic heterocycles. The van der Waals surface area contributed by atoms with Crippen LogP contribution in [-0.4, -0.2) is 61.8 Å². The van der Waals surface area contributed by atoms with Gasteiger partial charge in [0, 0.05) is 29.3 Å². The zero-order valence-electron chi connectivity index (χ0n) is 21.8. The summed E-state index contributed by atoms with van der Waals surface area (Å²) < 4.78 is 28.2. The summed E-state index contributed by atoms with van der Waals surface area (Å²) in [5.74, 6) is 2.19. The van der Waals surface area contributed by atoms with Gasteiger partial charge in [-0.25, -0.2) is 4.79 Å². The van der Waals surface area contributed by atoms with E-state index in [1.807, 2.05) is 13.8 Å². The van der Waals surface area contributed by atoms with Crippen molar-refractivity contribution in [3.63, 3.8) is 0 Å². The Kier molecular flexibility index (Phi) is 6.13. The Morgan fingerprint density at radius 3 is 2.79 bits per heavy atom. The number of aromatic hydroxyl groups is 1. The van der Waals surface area contributed by atoms with Gasteiger partial charge in [-0.2, -0.15) is 0 Å². The molecule has 2 aromatic rings. The number of benzene rings is 2. The lowest BCUT2D eigenvalue weighted by Gasteiger charge is -2.62. The number of hydrogen-bond donors (Lipinski definition) is 2. The Labute approximate surface area is 221 Å². The first kappa shape index (κ1) is 24.8. The molecule has 1 saturated heterocycles. The molecule has 2 aromatic carbocycles. The zero-order chi connectivity index (χ0) is 26.7. The maximum Gasteiger partial charge on any atom is 0.514 e. The molecule has 1 fully saturated rings. The Hall–Kier alpha value is -3.47. The highest BCUT2D eigenvalue weighted by Crippen LogP contribution is 2.57. The molecule has 38 heavy (non-hydrogen) atoms. The second kappa shape index (κ2) is 9.37. The van der Waals surface area contributed by atoms with E-state index in [4.69, 9.17) is 34.7 Å². The lowest BCUT2D eigenvalue weighted by Crippen LogP contribution is -2.57. The summed E-state index contributed by atoms with van der Waals surface area (Å²) in [7, 11) is 1.56. The van der Waals surface area contributed by atoms with Crippen LogP contribution < -0.4 is 24.7 Å². The molecule has 202 valence electrons. The Balaban J connectivity index is 1.50. The lowest BCUT2D eigenvalue weighted by atomic mass is 9.75. The second-order valence-corrected chi connectivity index (χ2v) is 10.2. The van der Waals surface area contributed by atoms with E-state index in [1.165, 1.54) is 6.08 Å². The van der Waals surface area contributed by atoms with Gasteiger partial charge in [0.05, 0.1) is 13.2 Å². The number of rotatable bonds is 5. The molecule has 0 spiro atoms. The maximum atomic E-state index is 12.6. The van der Waals surface area contributed by atoms with Crippen molar-refractivity contribution in [3.8, 4) is 28.7 Å². The van der Waals surface area contributed by atoms with Gasteiger partial charge in [-0.15, -0.1) is 6.04 Å². The molecular weight excluding hydrogens is 490 g/mol. The monoisotopic (exact) mass is 522 g/mol. The molecule has 2 bridgehead atoms. The van der Waals surface area contributed by atoms with Crippen LogP contribution >= 0.6 is 0 Å². The molecule has 10 nitrogen and oxygen atoms in total. The summed E-state index contributed by atoms with van der Waals surface area (Å²) in [5.41, 5.74) is 11.6. The number of aryl methyl sites for hydroxylation is 1. The lowest BCUT2D eigenvalue weighted by molar-refractivity contribution is 0.0713. The van der Waals surface area contributed by atoms with Crippen LogP contribution in [-0.2, 0) is 17.6 Å². The largest absolute Gasteiger partial charge is 0.650 e. The number of fused-ring (bicyclic) bond motifs is 9. The highest BCUT2D eigenvalue weighted by molar-refractivity contribution is 5.72. The van der Waals surface area contributed by atoms with E-state index in [2.05, 4.69) is 17.5 Å². The predicted molar refractivity (Wildman–Crippen MR) is 138 cm³/mol. The van der Waals surface area contributed by atoms with Gasteiger partial charge < -0.3 is 39.8 Å². The van der Waals surface area contributed by atoms with Gasteiger partial charge in [-0.3, -0.25) is 4.90 Å². The molecule has 0 radical (unpaired) electrons. The molecule has 10 heteroatoms. The fourth-order valence-electron chi connectivity index (χ4n) is 6.69. The molecule has 6 rings (SSSR count). The van der Waals surface area contributed by atoms with Crippen LogP contribution in [0.2, 0.25) is 0 Å². The molecule has 0 amide bonds. The van der Waals surface area contributed by atoms with Crippen LogP contribution in [0, 0.1) is 13.8 Å². The zero-order valence-corrected chi connectivity index (χ0v) is 21.8. The molecule has 0 aromatic heterocycles. The van der Waals surface area contributed by atoms with Crippen LogP contribution in [0.3, 0.4) is 0 Å². The Morgan fingerprint density at radius 1 is 1.26 bits per heavy atom. The summed E-state index contributed by atoms with van der Waals surface area (Å²) >= 11 is 0. The van der Waals surface area contributed by atoms with E-state index in [0.29, 0.717) is 41.5 Å². The van der Waals surface area contributed by atoms with Crippen molar-refractivity contribution in [1.82, 2.24) is 4.90 Å². The number of piperazine rings is 1. The number of carbonyl (C=O) groups is 1. The van der Waals surface area contributed by atoms with E-state index in [9.17, 15) is 9.90 Å². The first-order valence-corrected chi connectivity index (χ1v) is 12.8. The van der Waals surface area contributed by atoms with Gasteiger partial charge in [-0.05, 0) is 49.9 Å². The second-order valence-electron chi connectivity index (χ2n) is 10.2. The minimum atomic E-state index is -0.824. The summed E-state index contributed by atoms with van der Waals surface area (Å²) in [6.45, 7) is 8.51. The number of nitrogens with two attached hydrogens (primary N) is 1. The fraction of sp³-hybridized carbons (Fsp3) is 0.464. The average Bonchev–Trinajstić information content (AvgIpc) is 3.39. The normalized spacial score (nSPS) is 24.6. The van der Waals surface area contributed by atoms with E-state index in [-0.39, 0.29) is 43.3 Å². The first-order valence-electron chi connectivity index (χ1n) is 12.8. The summed E-state index contributed by atoms with van der Waals surface area (Å²) in [5, 5.41) is 16.5. The van der Waals surface area contributed by atoms with Crippen molar-refractivity contribution in [1.29, 1.82) is 0 Å². The number of ether oxygens (including phenoxy) is 5. The van der Waals surface area contributed by atoms with E-state index in [0.717, 1.165) is 40.8 Å². The van der Waals surface area contributed by atoms with Crippen LogP contribution in [0.5, 0.6) is 28.7 Å². The van der Waals surface area contributed by atoms with Gasteiger partial charge in [0.1, 0.15) is 12.4 Å². The highest BCUT2D eigenvalue weighted by atomic mass is 16.7. The molecule has 4 atom stereocenters. The number of hydrogen-bond acceptors (Lipinski definition) is 9. The predicted octanol–water partition coefficient (Wildman–Crippen LogP) is 3.73. The molecule has 1 unspecified atom stereocenters. The van der Waals surface area contributed by atoms with Gasteiger partial charge in [0.2, 0.25) is 6.79 Å². The molecule has 4 heterocycles. The summed E-state index contributed by atoms with van der Waals surface area (Å²) in [6, 6.07) is 1.51. The third-order valence-electron chi connectivity index (χ3n) is 8.12. The third-order valence-corrected chi connectivity index (χ3v) is 8.12. The van der Waals surface area contributed by atoms with Crippen LogP contribution in [0.4, 0.5) is 4.79 Å². The van der Waals surface area contributed by atoms with Crippen LogP contribution in [0.25, 0.3) is 5.32 Å². The maximum absolute atomic E-state index is 12.6. The van der Waals surface area contributed by atoms with Gasteiger partial charge in [0.25, 0.3) is 0 Å². The number of carbonyl (C=O) groups excluding carboxylic acids is 1. The van der Waals surface area contributed by atoms with Crippen LogP contribution in [0.1, 0.15) is 45.5 Å².